The maximum absolute atomic E-state index is 12.0. The maximum atomic E-state index is 12.0. The van der Waals surface area contributed by atoms with Gasteiger partial charge in [0.05, 0.1) is 0 Å². The van der Waals surface area contributed by atoms with Gasteiger partial charge in [-0.25, -0.2) is 13.4 Å². The predicted molar refractivity (Wildman–Crippen MR) is 69.9 cm³/mol. The number of hydrogen-bond donors (Lipinski definition) is 2. The van der Waals surface area contributed by atoms with E-state index in [1.807, 2.05) is 6.92 Å². The number of aryl methyl sites for hydroxylation is 1. The number of nitrogens with one attached hydrogen (secondary N) is 1. The van der Waals surface area contributed by atoms with Gasteiger partial charge in [0.25, 0.3) is 10.0 Å². The van der Waals surface area contributed by atoms with Crippen LogP contribution in [0.3, 0.4) is 0 Å². The summed E-state index contributed by atoms with van der Waals surface area (Å²) in [5, 5.41) is 2.08. The topological polar surface area (TPSA) is 85.1 Å². The third kappa shape index (κ3) is 2.65. The summed E-state index contributed by atoms with van der Waals surface area (Å²) in [6.45, 7) is 2.20. The maximum Gasteiger partial charge on any atom is 0.273 e. The van der Waals surface area contributed by atoms with Crippen LogP contribution in [0.1, 0.15) is 10.4 Å². The fraction of sp³-hybridized carbons (Fsp3) is 0.222. The van der Waals surface area contributed by atoms with Gasteiger partial charge >= 0.3 is 0 Å². The SMILES string of the molecule is Cc1cc(S(=O)(=O)Nc2nccs2)sc1CN. The highest BCUT2D eigenvalue weighted by Gasteiger charge is 2.19. The van der Waals surface area contributed by atoms with Gasteiger partial charge in [-0.3, -0.25) is 4.72 Å². The van der Waals surface area contributed by atoms with Gasteiger partial charge in [-0.2, -0.15) is 0 Å². The van der Waals surface area contributed by atoms with Crippen LogP contribution in [0.2, 0.25) is 0 Å². The predicted octanol–water partition coefficient (Wildman–Crippen LogP) is 1.77. The number of hydrogen-bond acceptors (Lipinski definition) is 6. The molecule has 0 saturated heterocycles. The summed E-state index contributed by atoms with van der Waals surface area (Å²) in [6.07, 6.45) is 1.55. The number of aromatic nitrogens is 1. The van der Waals surface area contributed by atoms with Crippen molar-refractivity contribution in [2.45, 2.75) is 17.7 Å². The molecule has 17 heavy (non-hydrogen) atoms. The lowest BCUT2D eigenvalue weighted by Gasteiger charge is -2.01. The fourth-order valence-electron chi connectivity index (χ4n) is 1.26. The molecule has 3 N–H and O–H groups in total. The minimum absolute atomic E-state index is 0.269. The standard InChI is InChI=1S/C9H11N3O2S3/c1-6-4-8(16-7(6)5-10)17(13,14)12-9-11-2-3-15-9/h2-4H,5,10H2,1H3,(H,11,12). The van der Waals surface area contributed by atoms with Crippen LogP contribution in [0.15, 0.2) is 21.9 Å². The Labute approximate surface area is 107 Å². The van der Waals surface area contributed by atoms with Gasteiger partial charge < -0.3 is 5.73 Å². The van der Waals surface area contributed by atoms with Crippen molar-refractivity contribution in [3.05, 3.63) is 28.1 Å². The second kappa shape index (κ2) is 4.73. The number of rotatable bonds is 4. The summed E-state index contributed by atoms with van der Waals surface area (Å²) < 4.78 is 26.7. The Morgan fingerprint density at radius 2 is 2.29 bits per heavy atom. The molecule has 0 spiro atoms. The van der Waals surface area contributed by atoms with Crippen molar-refractivity contribution in [1.29, 1.82) is 0 Å². The first-order valence-corrected chi connectivity index (χ1v) is 7.92. The van der Waals surface area contributed by atoms with Gasteiger partial charge in [0.2, 0.25) is 0 Å². The van der Waals surface area contributed by atoms with Crippen molar-refractivity contribution in [3.8, 4) is 0 Å². The van der Waals surface area contributed by atoms with Crippen molar-refractivity contribution >= 4 is 37.8 Å². The van der Waals surface area contributed by atoms with E-state index in [1.165, 1.54) is 22.7 Å². The lowest BCUT2D eigenvalue weighted by Crippen LogP contribution is -2.11. The molecule has 8 heteroatoms. The van der Waals surface area contributed by atoms with E-state index in [0.29, 0.717) is 11.7 Å². The van der Waals surface area contributed by atoms with Crippen LogP contribution in [-0.2, 0) is 16.6 Å². The average Bonchev–Trinajstić information content (AvgIpc) is 2.87. The second-order valence-corrected chi connectivity index (χ2v) is 7.26. The number of anilines is 1. The zero-order valence-corrected chi connectivity index (χ0v) is 11.5. The first-order valence-electron chi connectivity index (χ1n) is 4.74. The van der Waals surface area contributed by atoms with E-state index in [4.69, 9.17) is 5.73 Å². The Bertz CT molecular complexity index is 601. The molecule has 2 aromatic heterocycles. The van der Waals surface area contributed by atoms with Crippen molar-refractivity contribution in [1.82, 2.24) is 4.98 Å². The average molecular weight is 289 g/mol. The molecule has 2 rings (SSSR count). The summed E-state index contributed by atoms with van der Waals surface area (Å²) in [6, 6.07) is 1.63. The molecule has 2 heterocycles. The van der Waals surface area contributed by atoms with Gasteiger partial charge in [-0.15, -0.1) is 22.7 Å². The summed E-state index contributed by atoms with van der Waals surface area (Å²) in [5.74, 6) is 0. The molecular weight excluding hydrogens is 278 g/mol. The zero-order valence-electron chi connectivity index (χ0n) is 9.00. The number of thiazole rings is 1. The van der Waals surface area contributed by atoms with E-state index in [9.17, 15) is 8.42 Å². The minimum Gasteiger partial charge on any atom is -0.326 e. The molecule has 0 aliphatic heterocycles. The highest BCUT2D eigenvalue weighted by molar-refractivity contribution is 7.94. The highest BCUT2D eigenvalue weighted by atomic mass is 32.2. The van der Waals surface area contributed by atoms with Crippen LogP contribution in [-0.4, -0.2) is 13.4 Å². The van der Waals surface area contributed by atoms with Crippen LogP contribution in [0.4, 0.5) is 5.13 Å². The number of thiophene rings is 1. The Balaban J connectivity index is 2.31. The smallest absolute Gasteiger partial charge is 0.273 e. The molecule has 92 valence electrons. The molecule has 0 amide bonds. The molecule has 0 atom stereocenters. The Morgan fingerprint density at radius 1 is 1.53 bits per heavy atom. The summed E-state index contributed by atoms with van der Waals surface area (Å²) in [7, 11) is -3.53. The Morgan fingerprint density at radius 3 is 2.82 bits per heavy atom. The van der Waals surface area contributed by atoms with E-state index in [-0.39, 0.29) is 4.21 Å². The normalized spacial score (nSPS) is 11.6. The van der Waals surface area contributed by atoms with E-state index in [2.05, 4.69) is 9.71 Å². The first kappa shape index (κ1) is 12.5. The minimum atomic E-state index is -3.53. The van der Waals surface area contributed by atoms with Crippen molar-refractivity contribution in [2.24, 2.45) is 5.73 Å². The quantitative estimate of drug-likeness (QED) is 0.898. The van der Waals surface area contributed by atoms with Crippen LogP contribution < -0.4 is 10.5 Å². The lowest BCUT2D eigenvalue weighted by molar-refractivity contribution is 0.603. The molecule has 0 bridgehead atoms. The van der Waals surface area contributed by atoms with Crippen LogP contribution in [0.5, 0.6) is 0 Å². The van der Waals surface area contributed by atoms with Crippen LogP contribution in [0.25, 0.3) is 0 Å². The van der Waals surface area contributed by atoms with Crippen molar-refractivity contribution < 1.29 is 8.42 Å². The number of nitrogens with zero attached hydrogens (tertiary/aromatic N) is 1. The lowest BCUT2D eigenvalue weighted by atomic mass is 10.3. The molecule has 2 aromatic rings. The third-order valence-electron chi connectivity index (χ3n) is 2.10. The van der Waals surface area contributed by atoms with Crippen molar-refractivity contribution in [2.75, 3.05) is 4.72 Å². The van der Waals surface area contributed by atoms with Gasteiger partial charge in [-0.05, 0) is 18.6 Å². The fourth-order valence-corrected chi connectivity index (χ4v) is 4.52. The van der Waals surface area contributed by atoms with E-state index in [1.54, 1.807) is 17.6 Å². The van der Waals surface area contributed by atoms with Gasteiger partial charge in [0.15, 0.2) is 5.13 Å². The van der Waals surface area contributed by atoms with E-state index in [0.717, 1.165) is 10.4 Å². The van der Waals surface area contributed by atoms with Gasteiger partial charge in [-0.1, -0.05) is 0 Å². The molecular formula is C9H11N3O2S3. The highest BCUT2D eigenvalue weighted by Crippen LogP contribution is 2.27. The molecule has 0 aliphatic carbocycles. The summed E-state index contributed by atoms with van der Waals surface area (Å²) in [5.41, 5.74) is 6.43. The molecule has 0 unspecified atom stereocenters. The molecule has 0 aliphatic rings. The van der Waals surface area contributed by atoms with Gasteiger partial charge in [0, 0.05) is 23.0 Å². The zero-order chi connectivity index (χ0) is 12.5. The van der Waals surface area contributed by atoms with Crippen molar-refractivity contribution in [3.63, 3.8) is 0 Å². The Hall–Kier alpha value is -0.960. The Kier molecular flexibility index (Phi) is 3.48. The molecule has 0 saturated carbocycles. The van der Waals surface area contributed by atoms with E-state index < -0.39 is 10.0 Å². The number of sulfonamides is 1. The van der Waals surface area contributed by atoms with Gasteiger partial charge in [0.1, 0.15) is 4.21 Å². The monoisotopic (exact) mass is 289 g/mol. The van der Waals surface area contributed by atoms with Crippen LogP contribution >= 0.6 is 22.7 Å². The molecule has 0 radical (unpaired) electrons. The largest absolute Gasteiger partial charge is 0.326 e. The van der Waals surface area contributed by atoms with Crippen LogP contribution in [0, 0.1) is 6.92 Å². The van der Waals surface area contributed by atoms with E-state index >= 15 is 0 Å². The first-order chi connectivity index (χ1) is 8.03. The molecule has 0 fully saturated rings. The third-order valence-corrected chi connectivity index (χ3v) is 5.99. The summed E-state index contributed by atoms with van der Waals surface area (Å²) in [4.78, 5) is 4.76. The number of nitrogens with two attached hydrogens (primary N) is 1. The summed E-state index contributed by atoms with van der Waals surface area (Å²) >= 11 is 2.43. The molecule has 0 aromatic carbocycles. The second-order valence-electron chi connectivity index (χ2n) is 3.32. The molecule has 5 nitrogen and oxygen atoms in total.